The van der Waals surface area contributed by atoms with E-state index in [4.69, 9.17) is 4.74 Å². The van der Waals surface area contributed by atoms with Gasteiger partial charge in [-0.15, -0.1) is 0 Å². The minimum atomic E-state index is -1.51. The molecule has 4 nitrogen and oxygen atoms in total. The molecule has 2 N–H and O–H groups in total. The topological polar surface area (TPSA) is 66.8 Å². The SMILES string of the molecule is CCOC(=O)CC1CCC(O)(O)CC1. The summed E-state index contributed by atoms with van der Waals surface area (Å²) in [5.41, 5.74) is 0. The van der Waals surface area contributed by atoms with Gasteiger partial charge in [-0.2, -0.15) is 0 Å². The molecule has 82 valence electrons. The summed E-state index contributed by atoms with van der Waals surface area (Å²) in [6.45, 7) is 2.20. The first-order valence-corrected chi connectivity index (χ1v) is 5.14. The third kappa shape index (κ3) is 3.64. The molecule has 0 aromatic heterocycles. The fraction of sp³-hybridized carbons (Fsp3) is 0.900. The van der Waals surface area contributed by atoms with Crippen molar-refractivity contribution in [2.75, 3.05) is 6.61 Å². The Balaban J connectivity index is 2.25. The molecular weight excluding hydrogens is 184 g/mol. The Morgan fingerprint density at radius 3 is 2.50 bits per heavy atom. The zero-order valence-electron chi connectivity index (χ0n) is 8.53. The molecule has 0 unspecified atom stereocenters. The van der Waals surface area contributed by atoms with Gasteiger partial charge in [0.15, 0.2) is 5.79 Å². The smallest absolute Gasteiger partial charge is 0.306 e. The van der Waals surface area contributed by atoms with Crippen molar-refractivity contribution in [1.29, 1.82) is 0 Å². The molecule has 0 atom stereocenters. The first kappa shape index (κ1) is 11.5. The molecule has 0 saturated heterocycles. The minimum Gasteiger partial charge on any atom is -0.466 e. The van der Waals surface area contributed by atoms with Crippen LogP contribution in [0, 0.1) is 5.92 Å². The fourth-order valence-corrected chi connectivity index (χ4v) is 1.80. The monoisotopic (exact) mass is 202 g/mol. The summed E-state index contributed by atoms with van der Waals surface area (Å²) in [7, 11) is 0. The van der Waals surface area contributed by atoms with Gasteiger partial charge in [-0.05, 0) is 25.7 Å². The van der Waals surface area contributed by atoms with Crippen LogP contribution < -0.4 is 0 Å². The molecular formula is C10H18O4. The van der Waals surface area contributed by atoms with E-state index in [1.165, 1.54) is 0 Å². The van der Waals surface area contributed by atoms with Crippen LogP contribution in [0.15, 0.2) is 0 Å². The van der Waals surface area contributed by atoms with Crippen molar-refractivity contribution in [2.45, 2.75) is 44.8 Å². The van der Waals surface area contributed by atoms with Gasteiger partial charge in [0.1, 0.15) is 0 Å². The van der Waals surface area contributed by atoms with Crippen molar-refractivity contribution in [3.63, 3.8) is 0 Å². The van der Waals surface area contributed by atoms with E-state index in [1.807, 2.05) is 0 Å². The number of rotatable bonds is 3. The first-order chi connectivity index (χ1) is 6.53. The summed E-state index contributed by atoms with van der Waals surface area (Å²) in [5.74, 6) is -1.44. The number of hydrogen-bond acceptors (Lipinski definition) is 4. The highest BCUT2D eigenvalue weighted by atomic mass is 16.5. The molecule has 0 spiro atoms. The molecule has 0 radical (unpaired) electrons. The molecule has 0 heterocycles. The molecule has 4 heteroatoms. The second-order valence-electron chi connectivity index (χ2n) is 3.93. The molecule has 0 aromatic rings. The summed E-state index contributed by atoms with van der Waals surface area (Å²) in [5, 5.41) is 18.5. The maximum absolute atomic E-state index is 11.1. The largest absolute Gasteiger partial charge is 0.466 e. The minimum absolute atomic E-state index is 0.180. The van der Waals surface area contributed by atoms with Crippen LogP contribution in [0.4, 0.5) is 0 Å². The van der Waals surface area contributed by atoms with Gasteiger partial charge < -0.3 is 14.9 Å². The van der Waals surface area contributed by atoms with E-state index < -0.39 is 5.79 Å². The number of hydrogen-bond donors (Lipinski definition) is 2. The van der Waals surface area contributed by atoms with E-state index in [2.05, 4.69) is 0 Å². The van der Waals surface area contributed by atoms with E-state index in [1.54, 1.807) is 6.92 Å². The van der Waals surface area contributed by atoms with Gasteiger partial charge in [0.05, 0.1) is 6.61 Å². The molecule has 1 aliphatic rings. The Kier molecular flexibility index (Phi) is 3.89. The number of carbonyl (C=O) groups excluding carboxylic acids is 1. The average Bonchev–Trinajstić information content (AvgIpc) is 2.09. The number of esters is 1. The Bertz CT molecular complexity index is 190. The average molecular weight is 202 g/mol. The Morgan fingerprint density at radius 2 is 2.00 bits per heavy atom. The lowest BCUT2D eigenvalue weighted by molar-refractivity contribution is -0.187. The lowest BCUT2D eigenvalue weighted by Gasteiger charge is -2.31. The maximum Gasteiger partial charge on any atom is 0.306 e. The van der Waals surface area contributed by atoms with Crippen LogP contribution in [-0.2, 0) is 9.53 Å². The highest BCUT2D eigenvalue weighted by molar-refractivity contribution is 5.69. The van der Waals surface area contributed by atoms with Gasteiger partial charge in [-0.3, -0.25) is 4.79 Å². The van der Waals surface area contributed by atoms with Gasteiger partial charge in [0, 0.05) is 19.3 Å². The number of aliphatic hydroxyl groups is 2. The van der Waals surface area contributed by atoms with Crippen molar-refractivity contribution in [1.82, 2.24) is 0 Å². The summed E-state index contributed by atoms with van der Waals surface area (Å²) in [4.78, 5) is 11.1. The zero-order valence-corrected chi connectivity index (χ0v) is 8.53. The van der Waals surface area contributed by atoms with Gasteiger partial charge in [-0.1, -0.05) is 0 Å². The van der Waals surface area contributed by atoms with Crippen LogP contribution in [0.25, 0.3) is 0 Å². The zero-order chi connectivity index (χ0) is 10.6. The van der Waals surface area contributed by atoms with Crippen LogP contribution in [0.3, 0.4) is 0 Å². The van der Waals surface area contributed by atoms with Crippen LogP contribution in [-0.4, -0.2) is 28.6 Å². The van der Waals surface area contributed by atoms with Crippen molar-refractivity contribution in [3.8, 4) is 0 Å². The second-order valence-corrected chi connectivity index (χ2v) is 3.93. The molecule has 14 heavy (non-hydrogen) atoms. The maximum atomic E-state index is 11.1. The molecule has 0 aromatic carbocycles. The Morgan fingerprint density at radius 1 is 1.43 bits per heavy atom. The first-order valence-electron chi connectivity index (χ1n) is 5.14. The molecule has 1 aliphatic carbocycles. The summed E-state index contributed by atoms with van der Waals surface area (Å²) >= 11 is 0. The molecule has 1 fully saturated rings. The fourth-order valence-electron chi connectivity index (χ4n) is 1.80. The molecule has 0 bridgehead atoms. The van der Waals surface area contributed by atoms with E-state index in [0.29, 0.717) is 38.7 Å². The van der Waals surface area contributed by atoms with Gasteiger partial charge in [0.25, 0.3) is 0 Å². The molecule has 0 amide bonds. The third-order valence-electron chi connectivity index (χ3n) is 2.67. The van der Waals surface area contributed by atoms with E-state index >= 15 is 0 Å². The summed E-state index contributed by atoms with van der Waals surface area (Å²) in [6.07, 6.45) is 2.50. The Labute approximate surface area is 83.9 Å². The van der Waals surface area contributed by atoms with Crippen molar-refractivity contribution in [2.24, 2.45) is 5.92 Å². The highest BCUT2D eigenvalue weighted by Crippen LogP contribution is 2.32. The molecule has 0 aliphatic heterocycles. The molecule has 1 rings (SSSR count). The van der Waals surface area contributed by atoms with Crippen LogP contribution in [0.2, 0.25) is 0 Å². The van der Waals surface area contributed by atoms with Crippen LogP contribution in [0.5, 0.6) is 0 Å². The van der Waals surface area contributed by atoms with Crippen molar-refractivity contribution >= 4 is 5.97 Å². The normalized spacial score (nSPS) is 21.9. The standard InChI is InChI=1S/C10H18O4/c1-2-14-9(11)7-8-3-5-10(12,13)6-4-8/h8,12-13H,2-7H2,1H3. The van der Waals surface area contributed by atoms with E-state index in [9.17, 15) is 15.0 Å². The van der Waals surface area contributed by atoms with E-state index in [0.717, 1.165) is 0 Å². The van der Waals surface area contributed by atoms with Crippen LogP contribution >= 0.6 is 0 Å². The number of carbonyl (C=O) groups is 1. The van der Waals surface area contributed by atoms with Gasteiger partial charge in [0.2, 0.25) is 0 Å². The van der Waals surface area contributed by atoms with Crippen molar-refractivity contribution < 1.29 is 19.7 Å². The highest BCUT2D eigenvalue weighted by Gasteiger charge is 2.31. The van der Waals surface area contributed by atoms with Gasteiger partial charge >= 0.3 is 5.97 Å². The second kappa shape index (κ2) is 4.75. The lowest BCUT2D eigenvalue weighted by Crippen LogP contribution is -2.34. The van der Waals surface area contributed by atoms with Gasteiger partial charge in [-0.25, -0.2) is 0 Å². The summed E-state index contributed by atoms with van der Waals surface area (Å²) < 4.78 is 4.83. The Hall–Kier alpha value is -0.610. The summed E-state index contributed by atoms with van der Waals surface area (Å²) in [6, 6.07) is 0. The predicted octanol–water partition coefficient (Wildman–Crippen LogP) is 0.811. The van der Waals surface area contributed by atoms with Crippen molar-refractivity contribution in [3.05, 3.63) is 0 Å². The predicted molar refractivity (Wildman–Crippen MR) is 50.4 cm³/mol. The number of ether oxygens (including phenoxy) is 1. The third-order valence-corrected chi connectivity index (χ3v) is 2.67. The van der Waals surface area contributed by atoms with Crippen LogP contribution in [0.1, 0.15) is 39.0 Å². The van der Waals surface area contributed by atoms with E-state index in [-0.39, 0.29) is 11.9 Å². The lowest BCUT2D eigenvalue weighted by atomic mass is 9.83. The quantitative estimate of drug-likeness (QED) is 0.525. The molecule has 1 saturated carbocycles.